The second-order valence-corrected chi connectivity index (χ2v) is 3.57. The summed E-state index contributed by atoms with van der Waals surface area (Å²) in [5.74, 6) is -0.210. The molecule has 1 aromatic rings. The van der Waals surface area contributed by atoms with Crippen molar-refractivity contribution < 1.29 is 4.79 Å². The minimum atomic E-state index is -0.210. The van der Waals surface area contributed by atoms with Crippen molar-refractivity contribution in [3.8, 4) is 0 Å². The van der Waals surface area contributed by atoms with Crippen molar-refractivity contribution in [1.82, 2.24) is 9.88 Å². The highest BCUT2D eigenvalue weighted by Gasteiger charge is 2.13. The van der Waals surface area contributed by atoms with Crippen molar-refractivity contribution in [1.29, 1.82) is 0 Å². The molecule has 0 spiro atoms. The average molecular weight is 224 g/mol. The van der Waals surface area contributed by atoms with Gasteiger partial charge < -0.3 is 0 Å². The maximum Gasteiger partial charge on any atom is 0.254 e. The normalized spacial score (nSPS) is 15.3. The van der Waals surface area contributed by atoms with Crippen LogP contribution in [0.1, 0.15) is 0 Å². The molecule has 0 radical (unpaired) electrons. The van der Waals surface area contributed by atoms with Crippen molar-refractivity contribution >= 4 is 23.5 Å². The van der Waals surface area contributed by atoms with E-state index in [1.165, 1.54) is 11.0 Å². The third-order valence-corrected chi connectivity index (χ3v) is 2.56. The van der Waals surface area contributed by atoms with Crippen LogP contribution in [0.5, 0.6) is 0 Å². The molecular formula is C12H8N4O. The number of pyridine rings is 1. The SMILES string of the molecule is C=CC(=O)N1C=CC2=c3c(ccnc3=C1)N=N2. The first-order valence-corrected chi connectivity index (χ1v) is 5.05. The molecule has 17 heavy (non-hydrogen) atoms. The highest BCUT2D eigenvalue weighted by Crippen LogP contribution is 2.16. The Labute approximate surface area is 96.8 Å². The zero-order valence-electron chi connectivity index (χ0n) is 8.87. The van der Waals surface area contributed by atoms with Gasteiger partial charge in [-0.15, -0.1) is 10.2 Å². The summed E-state index contributed by atoms with van der Waals surface area (Å²) in [6.45, 7) is 3.46. The second-order valence-electron chi connectivity index (χ2n) is 3.57. The Balaban J connectivity index is 2.29. The van der Waals surface area contributed by atoms with Crippen molar-refractivity contribution in [3.05, 3.63) is 47.8 Å². The summed E-state index contributed by atoms with van der Waals surface area (Å²) in [5, 5.41) is 9.63. The van der Waals surface area contributed by atoms with E-state index >= 15 is 0 Å². The molecule has 0 aliphatic carbocycles. The number of hydrogen-bond donors (Lipinski definition) is 0. The van der Waals surface area contributed by atoms with E-state index in [1.54, 1.807) is 30.7 Å². The maximum atomic E-state index is 11.6. The molecule has 2 aliphatic heterocycles. The van der Waals surface area contributed by atoms with Crippen LogP contribution in [0.4, 0.5) is 5.69 Å². The minimum Gasteiger partial charge on any atom is -0.289 e. The van der Waals surface area contributed by atoms with E-state index in [0.29, 0.717) is 5.35 Å². The van der Waals surface area contributed by atoms with Crippen LogP contribution < -0.4 is 10.6 Å². The lowest BCUT2D eigenvalue weighted by atomic mass is 10.2. The summed E-state index contributed by atoms with van der Waals surface area (Å²) in [6, 6.07) is 1.79. The lowest BCUT2D eigenvalue weighted by Gasteiger charge is -2.08. The van der Waals surface area contributed by atoms with Gasteiger partial charge in [0.05, 0.1) is 22.0 Å². The van der Waals surface area contributed by atoms with E-state index < -0.39 is 0 Å². The highest BCUT2D eigenvalue weighted by atomic mass is 16.2. The molecule has 82 valence electrons. The Morgan fingerprint density at radius 3 is 3.12 bits per heavy atom. The molecule has 0 fully saturated rings. The fraction of sp³-hybridized carbons (Fsp3) is 0. The number of carbonyl (C=O) groups excluding carboxylic acids is 1. The van der Waals surface area contributed by atoms with Gasteiger partial charge in [0.25, 0.3) is 5.91 Å². The Bertz CT molecular complexity index is 700. The van der Waals surface area contributed by atoms with Crippen molar-refractivity contribution in [2.45, 2.75) is 0 Å². The maximum absolute atomic E-state index is 11.6. The fourth-order valence-corrected chi connectivity index (χ4v) is 1.75. The molecule has 2 aliphatic rings. The third kappa shape index (κ3) is 1.40. The van der Waals surface area contributed by atoms with Gasteiger partial charge in [-0.1, -0.05) is 6.58 Å². The zero-order chi connectivity index (χ0) is 11.8. The van der Waals surface area contributed by atoms with Crippen LogP contribution in [0.3, 0.4) is 0 Å². The van der Waals surface area contributed by atoms with Crippen LogP contribution >= 0.6 is 0 Å². The first kappa shape index (κ1) is 9.65. The van der Waals surface area contributed by atoms with E-state index in [9.17, 15) is 4.79 Å². The van der Waals surface area contributed by atoms with Gasteiger partial charge >= 0.3 is 0 Å². The van der Waals surface area contributed by atoms with E-state index in [4.69, 9.17) is 0 Å². The molecule has 3 heterocycles. The molecule has 3 rings (SSSR count). The number of nitrogens with zero attached hydrogens (tertiary/aromatic N) is 4. The number of aromatic nitrogens is 1. The van der Waals surface area contributed by atoms with Crippen molar-refractivity contribution in [2.75, 3.05) is 0 Å². The fourth-order valence-electron chi connectivity index (χ4n) is 1.75. The van der Waals surface area contributed by atoms with Crippen molar-refractivity contribution in [3.63, 3.8) is 0 Å². The average Bonchev–Trinajstić information content (AvgIpc) is 2.67. The third-order valence-electron chi connectivity index (χ3n) is 2.56. The van der Waals surface area contributed by atoms with E-state index in [0.717, 1.165) is 16.6 Å². The molecule has 0 N–H and O–H groups in total. The van der Waals surface area contributed by atoms with Gasteiger partial charge in [-0.25, -0.2) is 0 Å². The molecule has 0 unspecified atom stereocenters. The Morgan fingerprint density at radius 1 is 1.41 bits per heavy atom. The molecule has 0 saturated heterocycles. The van der Waals surface area contributed by atoms with Crippen LogP contribution in [0.2, 0.25) is 0 Å². The van der Waals surface area contributed by atoms with Gasteiger partial charge in [0.1, 0.15) is 0 Å². The summed E-state index contributed by atoms with van der Waals surface area (Å²) in [6.07, 6.45) is 7.93. The first-order valence-electron chi connectivity index (χ1n) is 5.05. The Morgan fingerprint density at radius 2 is 2.29 bits per heavy atom. The van der Waals surface area contributed by atoms with E-state index in [1.807, 2.05) is 0 Å². The Kier molecular flexibility index (Phi) is 1.98. The molecule has 5 nitrogen and oxygen atoms in total. The Hall–Kier alpha value is -2.56. The highest BCUT2D eigenvalue weighted by molar-refractivity contribution is 5.91. The lowest BCUT2D eigenvalue weighted by Crippen LogP contribution is -2.31. The van der Waals surface area contributed by atoms with Gasteiger partial charge in [0.2, 0.25) is 0 Å². The molecule has 5 heteroatoms. The van der Waals surface area contributed by atoms with Gasteiger partial charge in [-0.2, -0.15) is 0 Å². The van der Waals surface area contributed by atoms with E-state index in [2.05, 4.69) is 21.8 Å². The smallest absolute Gasteiger partial charge is 0.254 e. The number of azo groups is 1. The molecule has 0 saturated carbocycles. The molecule has 0 aromatic carbocycles. The number of amides is 1. The van der Waals surface area contributed by atoms with Crippen LogP contribution in [-0.4, -0.2) is 15.8 Å². The topological polar surface area (TPSA) is 57.9 Å². The van der Waals surface area contributed by atoms with Crippen molar-refractivity contribution in [2.24, 2.45) is 10.2 Å². The number of rotatable bonds is 1. The minimum absolute atomic E-state index is 0.210. The monoisotopic (exact) mass is 224 g/mol. The lowest BCUT2D eigenvalue weighted by molar-refractivity contribution is -0.120. The molecular weight excluding hydrogens is 216 g/mol. The predicted octanol–water partition coefficient (Wildman–Crippen LogP) is 0.567. The number of carbonyl (C=O) groups is 1. The van der Waals surface area contributed by atoms with Gasteiger partial charge in [-0.05, 0) is 18.2 Å². The molecule has 1 amide bonds. The van der Waals surface area contributed by atoms with Crippen LogP contribution in [0.15, 0.2) is 47.4 Å². The van der Waals surface area contributed by atoms with Crippen LogP contribution in [0, 0.1) is 0 Å². The predicted molar refractivity (Wildman–Crippen MR) is 62.1 cm³/mol. The summed E-state index contributed by atoms with van der Waals surface area (Å²) >= 11 is 0. The van der Waals surface area contributed by atoms with Crippen LogP contribution in [-0.2, 0) is 4.79 Å². The molecule has 1 aromatic heterocycles. The summed E-state index contributed by atoms with van der Waals surface area (Å²) in [4.78, 5) is 17.2. The van der Waals surface area contributed by atoms with Gasteiger partial charge in [0.15, 0.2) is 0 Å². The summed E-state index contributed by atoms with van der Waals surface area (Å²) in [5.41, 5.74) is 1.50. The standard InChI is InChI=1S/C12H8N4O/c1-2-11(17)16-6-4-9-12-8(14-15-9)3-5-13-10(12)7-16/h2-7H,1H2. The zero-order valence-corrected chi connectivity index (χ0v) is 8.87. The summed E-state index contributed by atoms with van der Waals surface area (Å²) < 4.78 is 0. The second kappa shape index (κ2) is 3.48. The molecule has 0 atom stereocenters. The number of hydrogen-bond acceptors (Lipinski definition) is 4. The largest absolute Gasteiger partial charge is 0.289 e. The van der Waals surface area contributed by atoms with E-state index in [-0.39, 0.29) is 5.91 Å². The first-order chi connectivity index (χ1) is 8.29. The van der Waals surface area contributed by atoms with Gasteiger partial charge in [0, 0.05) is 18.6 Å². The van der Waals surface area contributed by atoms with Crippen LogP contribution in [0.25, 0.3) is 11.9 Å². The molecule has 0 bridgehead atoms. The quantitative estimate of drug-likeness (QED) is 0.655. The van der Waals surface area contributed by atoms with Gasteiger partial charge in [-0.3, -0.25) is 14.7 Å². The summed E-state index contributed by atoms with van der Waals surface area (Å²) in [7, 11) is 0.